The minimum absolute atomic E-state index is 0.136. The van der Waals surface area contributed by atoms with Gasteiger partial charge in [-0.15, -0.1) is 0 Å². The molecular formula is C20H24N2O. The summed E-state index contributed by atoms with van der Waals surface area (Å²) in [6, 6.07) is 18.5. The van der Waals surface area contributed by atoms with Crippen LogP contribution in [0.4, 0.5) is 0 Å². The van der Waals surface area contributed by atoms with E-state index in [1.165, 1.54) is 5.56 Å². The fourth-order valence-corrected chi connectivity index (χ4v) is 3.43. The molecular weight excluding hydrogens is 284 g/mol. The van der Waals surface area contributed by atoms with Crippen molar-refractivity contribution in [2.75, 3.05) is 6.54 Å². The van der Waals surface area contributed by atoms with Gasteiger partial charge in [0.2, 0.25) is 0 Å². The molecule has 3 nitrogen and oxygen atoms in total. The first-order chi connectivity index (χ1) is 11.2. The molecule has 0 radical (unpaired) electrons. The molecule has 1 fully saturated rings. The molecule has 0 spiro atoms. The molecule has 0 saturated carbocycles. The molecule has 1 aliphatic rings. The molecule has 2 aromatic rings. The Morgan fingerprint density at radius 3 is 2.43 bits per heavy atom. The van der Waals surface area contributed by atoms with E-state index >= 15 is 0 Å². The van der Waals surface area contributed by atoms with Crippen LogP contribution in [0.2, 0.25) is 0 Å². The highest BCUT2D eigenvalue weighted by Gasteiger charge is 2.34. The van der Waals surface area contributed by atoms with Crippen LogP contribution in [0.25, 0.3) is 0 Å². The van der Waals surface area contributed by atoms with Crippen LogP contribution in [0.15, 0.2) is 54.6 Å². The Kier molecular flexibility index (Phi) is 4.77. The van der Waals surface area contributed by atoms with Crippen molar-refractivity contribution in [1.29, 1.82) is 0 Å². The fraction of sp³-hybridized carbons (Fsp3) is 0.350. The Balaban J connectivity index is 1.68. The summed E-state index contributed by atoms with van der Waals surface area (Å²) >= 11 is 0. The van der Waals surface area contributed by atoms with Gasteiger partial charge in [0.15, 0.2) is 0 Å². The van der Waals surface area contributed by atoms with Crippen molar-refractivity contribution in [1.82, 2.24) is 4.90 Å². The van der Waals surface area contributed by atoms with Crippen LogP contribution >= 0.6 is 0 Å². The number of rotatable bonds is 4. The quantitative estimate of drug-likeness (QED) is 0.942. The minimum Gasteiger partial charge on any atom is -0.336 e. The summed E-state index contributed by atoms with van der Waals surface area (Å²) in [5, 5.41) is 0. The van der Waals surface area contributed by atoms with Gasteiger partial charge in [0, 0.05) is 24.7 Å². The van der Waals surface area contributed by atoms with Gasteiger partial charge >= 0.3 is 0 Å². The number of hydrogen-bond acceptors (Lipinski definition) is 2. The van der Waals surface area contributed by atoms with E-state index in [0.29, 0.717) is 12.5 Å². The number of nitrogens with zero attached hydrogens (tertiary/aromatic N) is 1. The molecule has 3 rings (SSSR count). The molecule has 1 saturated heterocycles. The lowest BCUT2D eigenvalue weighted by Gasteiger charge is -2.25. The number of likely N-dealkylation sites (tertiary alicyclic amines) is 1. The smallest absolute Gasteiger partial charge is 0.254 e. The van der Waals surface area contributed by atoms with Gasteiger partial charge in [-0.25, -0.2) is 0 Å². The maximum atomic E-state index is 12.7. The average Bonchev–Trinajstić information content (AvgIpc) is 2.96. The standard InChI is InChI=1S/C20H24N2O/c1-15-19(13-16-5-3-2-4-6-16)11-12-22(15)20(23)18-9-7-17(14-21)8-10-18/h2-10,15,19H,11-14,21H2,1H3. The molecule has 0 bridgehead atoms. The summed E-state index contributed by atoms with van der Waals surface area (Å²) in [6.45, 7) is 3.52. The van der Waals surface area contributed by atoms with Crippen LogP contribution in [0.3, 0.4) is 0 Å². The lowest BCUT2D eigenvalue weighted by Crippen LogP contribution is -2.36. The Labute approximate surface area is 138 Å². The molecule has 23 heavy (non-hydrogen) atoms. The second-order valence-electron chi connectivity index (χ2n) is 6.38. The first kappa shape index (κ1) is 15.8. The van der Waals surface area contributed by atoms with Crippen molar-refractivity contribution in [3.8, 4) is 0 Å². The van der Waals surface area contributed by atoms with E-state index in [0.717, 1.165) is 30.5 Å². The van der Waals surface area contributed by atoms with Crippen LogP contribution in [0.5, 0.6) is 0 Å². The van der Waals surface area contributed by atoms with Crippen molar-refractivity contribution < 1.29 is 4.79 Å². The second kappa shape index (κ2) is 6.97. The second-order valence-corrected chi connectivity index (χ2v) is 6.38. The molecule has 120 valence electrons. The van der Waals surface area contributed by atoms with Crippen LogP contribution < -0.4 is 5.73 Å². The van der Waals surface area contributed by atoms with E-state index < -0.39 is 0 Å². The van der Waals surface area contributed by atoms with Crippen molar-refractivity contribution in [3.05, 3.63) is 71.3 Å². The van der Waals surface area contributed by atoms with Crippen LogP contribution in [-0.4, -0.2) is 23.4 Å². The molecule has 1 heterocycles. The van der Waals surface area contributed by atoms with Crippen molar-refractivity contribution in [2.45, 2.75) is 32.4 Å². The van der Waals surface area contributed by atoms with E-state index in [4.69, 9.17) is 5.73 Å². The van der Waals surface area contributed by atoms with Crippen molar-refractivity contribution >= 4 is 5.91 Å². The fourth-order valence-electron chi connectivity index (χ4n) is 3.43. The lowest BCUT2D eigenvalue weighted by atomic mass is 9.93. The predicted octanol–water partition coefficient (Wildman–Crippen LogP) is 3.24. The molecule has 2 atom stereocenters. The van der Waals surface area contributed by atoms with E-state index in [-0.39, 0.29) is 11.9 Å². The normalized spacial score (nSPS) is 20.7. The number of hydrogen-bond donors (Lipinski definition) is 1. The first-order valence-corrected chi connectivity index (χ1v) is 8.33. The van der Waals surface area contributed by atoms with E-state index in [2.05, 4.69) is 31.2 Å². The van der Waals surface area contributed by atoms with Crippen molar-refractivity contribution in [2.24, 2.45) is 11.7 Å². The van der Waals surface area contributed by atoms with Gasteiger partial charge in [-0.1, -0.05) is 42.5 Å². The van der Waals surface area contributed by atoms with Crippen LogP contribution in [0.1, 0.15) is 34.8 Å². The first-order valence-electron chi connectivity index (χ1n) is 8.33. The van der Waals surface area contributed by atoms with E-state index in [1.54, 1.807) is 0 Å². The Morgan fingerprint density at radius 2 is 1.78 bits per heavy atom. The zero-order valence-corrected chi connectivity index (χ0v) is 13.6. The summed E-state index contributed by atoms with van der Waals surface area (Å²) < 4.78 is 0. The van der Waals surface area contributed by atoms with Gasteiger partial charge in [0.25, 0.3) is 5.91 Å². The highest BCUT2D eigenvalue weighted by Crippen LogP contribution is 2.28. The van der Waals surface area contributed by atoms with Crippen molar-refractivity contribution in [3.63, 3.8) is 0 Å². The molecule has 2 N–H and O–H groups in total. The number of carbonyl (C=O) groups excluding carboxylic acids is 1. The SMILES string of the molecule is CC1C(Cc2ccccc2)CCN1C(=O)c1ccc(CN)cc1. The van der Waals surface area contributed by atoms with Crippen LogP contribution in [-0.2, 0) is 13.0 Å². The van der Waals surface area contributed by atoms with Gasteiger partial charge in [0.1, 0.15) is 0 Å². The summed E-state index contributed by atoms with van der Waals surface area (Å²) in [5.74, 6) is 0.668. The summed E-state index contributed by atoms with van der Waals surface area (Å²) in [5.41, 5.74) is 8.78. The zero-order valence-electron chi connectivity index (χ0n) is 13.6. The predicted molar refractivity (Wildman–Crippen MR) is 93.1 cm³/mol. The molecule has 0 aliphatic carbocycles. The Hall–Kier alpha value is -2.13. The largest absolute Gasteiger partial charge is 0.336 e. The summed E-state index contributed by atoms with van der Waals surface area (Å²) in [7, 11) is 0. The minimum atomic E-state index is 0.136. The molecule has 2 aromatic carbocycles. The summed E-state index contributed by atoms with van der Waals surface area (Å²) in [6.07, 6.45) is 2.11. The number of carbonyl (C=O) groups is 1. The third kappa shape index (κ3) is 3.45. The lowest BCUT2D eigenvalue weighted by molar-refractivity contribution is 0.0732. The van der Waals surface area contributed by atoms with Gasteiger partial charge in [-0.2, -0.15) is 0 Å². The number of amides is 1. The highest BCUT2D eigenvalue weighted by atomic mass is 16.2. The maximum Gasteiger partial charge on any atom is 0.254 e. The molecule has 1 aliphatic heterocycles. The topological polar surface area (TPSA) is 46.3 Å². The molecule has 3 heteroatoms. The van der Waals surface area contributed by atoms with Gasteiger partial charge < -0.3 is 10.6 Å². The Morgan fingerprint density at radius 1 is 1.09 bits per heavy atom. The number of benzene rings is 2. The van der Waals surface area contributed by atoms with Crippen LogP contribution in [0, 0.1) is 5.92 Å². The monoisotopic (exact) mass is 308 g/mol. The Bertz CT molecular complexity index is 651. The van der Waals surface area contributed by atoms with Gasteiger partial charge in [0.05, 0.1) is 0 Å². The average molecular weight is 308 g/mol. The number of nitrogens with two attached hydrogens (primary N) is 1. The van der Waals surface area contributed by atoms with E-state index in [1.807, 2.05) is 35.2 Å². The van der Waals surface area contributed by atoms with Gasteiger partial charge in [-0.05, 0) is 48.9 Å². The zero-order chi connectivity index (χ0) is 16.2. The van der Waals surface area contributed by atoms with E-state index in [9.17, 15) is 4.79 Å². The third-order valence-corrected chi connectivity index (χ3v) is 4.95. The van der Waals surface area contributed by atoms with Gasteiger partial charge in [-0.3, -0.25) is 4.79 Å². The molecule has 2 unspecified atom stereocenters. The molecule has 1 amide bonds. The third-order valence-electron chi connectivity index (χ3n) is 4.95. The summed E-state index contributed by atoms with van der Waals surface area (Å²) in [4.78, 5) is 14.8. The molecule has 0 aromatic heterocycles. The maximum absolute atomic E-state index is 12.7. The highest BCUT2D eigenvalue weighted by molar-refractivity contribution is 5.94.